The van der Waals surface area contributed by atoms with Crippen LogP contribution in [0, 0.1) is 12.8 Å². The third-order valence-corrected chi connectivity index (χ3v) is 6.15. The van der Waals surface area contributed by atoms with Crippen molar-refractivity contribution < 1.29 is 9.53 Å². The highest BCUT2D eigenvalue weighted by molar-refractivity contribution is 5.97. The number of ether oxygens (including phenoxy) is 1. The Hall–Kier alpha value is -3.18. The van der Waals surface area contributed by atoms with Crippen LogP contribution in [-0.4, -0.2) is 36.0 Å². The first-order valence-electron chi connectivity index (χ1n) is 11.3. The van der Waals surface area contributed by atoms with Gasteiger partial charge in [0.1, 0.15) is 5.75 Å². The number of aromatic nitrogens is 1. The summed E-state index contributed by atoms with van der Waals surface area (Å²) in [6.45, 7) is 5.04. The minimum atomic E-state index is -0.158. The summed E-state index contributed by atoms with van der Waals surface area (Å²) in [4.78, 5) is 20.3. The Morgan fingerprint density at radius 1 is 1.16 bits per heavy atom. The molecule has 0 bridgehead atoms. The summed E-state index contributed by atoms with van der Waals surface area (Å²) in [5, 5.41) is 3.28. The maximum Gasteiger partial charge on any atom is 0.255 e. The van der Waals surface area contributed by atoms with Gasteiger partial charge in [-0.2, -0.15) is 0 Å². The lowest BCUT2D eigenvalue weighted by Crippen LogP contribution is -2.43. The van der Waals surface area contributed by atoms with E-state index < -0.39 is 0 Å². The largest absolute Gasteiger partial charge is 0.496 e. The average Bonchev–Trinajstić information content (AvgIpc) is 2.83. The molecule has 5 nitrogen and oxygen atoms in total. The van der Waals surface area contributed by atoms with Gasteiger partial charge in [-0.1, -0.05) is 48.0 Å². The highest BCUT2D eigenvalue weighted by atomic mass is 16.5. The molecular formula is C27H31N3O2. The number of methoxy groups -OCH3 is 1. The number of carbonyl (C=O) groups excluding carboxylic acids is 1. The second kappa shape index (κ2) is 10.4. The summed E-state index contributed by atoms with van der Waals surface area (Å²) < 4.78 is 5.41. The Morgan fingerprint density at radius 3 is 2.78 bits per heavy atom. The van der Waals surface area contributed by atoms with Gasteiger partial charge in [-0.3, -0.25) is 14.7 Å². The fraction of sp³-hybridized carbons (Fsp3) is 0.333. The first kappa shape index (κ1) is 22.0. The maximum atomic E-state index is 13.2. The molecule has 0 unspecified atom stereocenters. The summed E-state index contributed by atoms with van der Waals surface area (Å²) in [7, 11) is 1.59. The molecule has 1 saturated heterocycles. The molecule has 4 rings (SSSR count). The standard InChI is InChI=1S/C27H31N3O2/c1-20-9-7-10-21(17-20)18-30-16-8-11-22(19-30)26(24-13-5-6-15-28-24)29-27(31)23-12-3-4-14-25(23)32-2/h3-7,9-10,12-15,17,22,26H,8,11,16,18-19H2,1-2H3,(H,29,31)/t22-,26-/m0/s1. The van der Waals surface area contributed by atoms with Crippen LogP contribution in [0.5, 0.6) is 5.75 Å². The van der Waals surface area contributed by atoms with E-state index in [-0.39, 0.29) is 17.9 Å². The van der Waals surface area contributed by atoms with Crippen molar-refractivity contribution in [1.29, 1.82) is 0 Å². The van der Waals surface area contributed by atoms with Gasteiger partial charge in [0.25, 0.3) is 5.91 Å². The van der Waals surface area contributed by atoms with Crippen molar-refractivity contribution >= 4 is 5.91 Å². The van der Waals surface area contributed by atoms with Gasteiger partial charge in [0.15, 0.2) is 0 Å². The Bertz CT molecular complexity index is 1040. The smallest absolute Gasteiger partial charge is 0.255 e. The van der Waals surface area contributed by atoms with Gasteiger partial charge in [-0.15, -0.1) is 0 Å². The van der Waals surface area contributed by atoms with Gasteiger partial charge in [0.2, 0.25) is 0 Å². The van der Waals surface area contributed by atoms with Gasteiger partial charge in [-0.25, -0.2) is 0 Å². The molecule has 5 heteroatoms. The minimum absolute atomic E-state index is 0.131. The fourth-order valence-corrected chi connectivity index (χ4v) is 4.62. The van der Waals surface area contributed by atoms with E-state index in [2.05, 4.69) is 46.4 Å². The molecule has 1 fully saturated rings. The molecule has 1 aliphatic heterocycles. The van der Waals surface area contributed by atoms with E-state index in [1.165, 1.54) is 11.1 Å². The number of likely N-dealkylation sites (tertiary alicyclic amines) is 1. The number of piperidine rings is 1. The molecule has 1 aliphatic rings. The van der Waals surface area contributed by atoms with Crippen molar-refractivity contribution in [2.75, 3.05) is 20.2 Å². The molecule has 32 heavy (non-hydrogen) atoms. The number of hydrogen-bond donors (Lipinski definition) is 1. The number of hydrogen-bond acceptors (Lipinski definition) is 4. The second-order valence-electron chi connectivity index (χ2n) is 8.53. The predicted octanol–water partition coefficient (Wildman–Crippen LogP) is 4.78. The molecule has 1 amide bonds. The van der Waals surface area contributed by atoms with E-state index in [0.717, 1.165) is 38.2 Å². The first-order chi connectivity index (χ1) is 15.6. The van der Waals surface area contributed by atoms with Crippen LogP contribution < -0.4 is 10.1 Å². The summed E-state index contributed by atoms with van der Waals surface area (Å²) in [5.74, 6) is 0.727. The Morgan fingerprint density at radius 2 is 2.00 bits per heavy atom. The zero-order chi connectivity index (χ0) is 22.3. The second-order valence-corrected chi connectivity index (χ2v) is 8.53. The van der Waals surface area contributed by atoms with Crippen molar-refractivity contribution in [3.63, 3.8) is 0 Å². The SMILES string of the molecule is COc1ccccc1C(=O)N[C@H](c1ccccn1)[C@H]1CCCN(Cc2cccc(C)c2)C1. The molecule has 0 saturated carbocycles. The van der Waals surface area contributed by atoms with Crippen LogP contribution in [0.2, 0.25) is 0 Å². The molecule has 0 aliphatic carbocycles. The molecular weight excluding hydrogens is 398 g/mol. The fourth-order valence-electron chi connectivity index (χ4n) is 4.62. The lowest BCUT2D eigenvalue weighted by atomic mass is 9.88. The topological polar surface area (TPSA) is 54.5 Å². The average molecular weight is 430 g/mol. The van der Waals surface area contributed by atoms with E-state index in [9.17, 15) is 4.79 Å². The van der Waals surface area contributed by atoms with E-state index in [1.54, 1.807) is 19.4 Å². The van der Waals surface area contributed by atoms with Gasteiger partial charge < -0.3 is 10.1 Å². The highest BCUT2D eigenvalue weighted by Crippen LogP contribution is 2.30. The molecule has 0 radical (unpaired) electrons. The van der Waals surface area contributed by atoms with Crippen LogP contribution in [-0.2, 0) is 6.54 Å². The first-order valence-corrected chi connectivity index (χ1v) is 11.3. The highest BCUT2D eigenvalue weighted by Gasteiger charge is 2.31. The number of carbonyl (C=O) groups is 1. The number of pyridine rings is 1. The molecule has 0 spiro atoms. The number of amides is 1. The van der Waals surface area contributed by atoms with Gasteiger partial charge in [-0.05, 0) is 62.1 Å². The van der Waals surface area contributed by atoms with Crippen molar-refractivity contribution in [3.05, 3.63) is 95.3 Å². The summed E-state index contributed by atoms with van der Waals surface area (Å²) >= 11 is 0. The monoisotopic (exact) mass is 429 g/mol. The Labute approximate surface area is 190 Å². The van der Waals surface area contributed by atoms with Gasteiger partial charge >= 0.3 is 0 Å². The van der Waals surface area contributed by atoms with E-state index >= 15 is 0 Å². The number of benzene rings is 2. The Balaban J connectivity index is 1.54. The van der Waals surface area contributed by atoms with Crippen molar-refractivity contribution in [1.82, 2.24) is 15.2 Å². The number of para-hydroxylation sites is 1. The molecule has 1 N–H and O–H groups in total. The predicted molar refractivity (Wildman–Crippen MR) is 127 cm³/mol. The third kappa shape index (κ3) is 5.35. The maximum absolute atomic E-state index is 13.2. The molecule has 2 aromatic carbocycles. The van der Waals surface area contributed by atoms with Crippen LogP contribution in [0.25, 0.3) is 0 Å². The summed E-state index contributed by atoms with van der Waals surface area (Å²) in [5.41, 5.74) is 4.06. The van der Waals surface area contributed by atoms with Crippen LogP contribution in [0.4, 0.5) is 0 Å². The molecule has 2 heterocycles. The number of aryl methyl sites for hydroxylation is 1. The third-order valence-electron chi connectivity index (χ3n) is 6.15. The van der Waals surface area contributed by atoms with Crippen molar-refractivity contribution in [2.45, 2.75) is 32.4 Å². The molecule has 2 atom stereocenters. The van der Waals surface area contributed by atoms with Crippen LogP contribution in [0.3, 0.4) is 0 Å². The number of nitrogens with one attached hydrogen (secondary N) is 1. The number of nitrogens with zero attached hydrogens (tertiary/aromatic N) is 2. The van der Waals surface area contributed by atoms with Gasteiger partial charge in [0.05, 0.1) is 24.4 Å². The lowest BCUT2D eigenvalue weighted by Gasteiger charge is -2.37. The number of rotatable bonds is 7. The summed E-state index contributed by atoms with van der Waals surface area (Å²) in [6.07, 6.45) is 3.95. The van der Waals surface area contributed by atoms with Crippen LogP contribution in [0.1, 0.15) is 46.1 Å². The molecule has 1 aromatic heterocycles. The summed E-state index contributed by atoms with van der Waals surface area (Å²) in [6, 6.07) is 21.8. The van der Waals surface area contributed by atoms with E-state index in [4.69, 9.17) is 4.74 Å². The Kier molecular flexibility index (Phi) is 7.17. The van der Waals surface area contributed by atoms with E-state index in [1.807, 2.05) is 36.4 Å². The molecule has 3 aromatic rings. The van der Waals surface area contributed by atoms with Crippen molar-refractivity contribution in [2.24, 2.45) is 5.92 Å². The zero-order valence-electron chi connectivity index (χ0n) is 18.8. The van der Waals surface area contributed by atoms with E-state index in [0.29, 0.717) is 11.3 Å². The molecule has 166 valence electrons. The van der Waals surface area contributed by atoms with Crippen molar-refractivity contribution in [3.8, 4) is 5.75 Å². The normalized spacial score (nSPS) is 17.5. The van der Waals surface area contributed by atoms with Crippen LogP contribution >= 0.6 is 0 Å². The zero-order valence-corrected chi connectivity index (χ0v) is 18.8. The lowest BCUT2D eigenvalue weighted by molar-refractivity contribution is 0.0872. The van der Waals surface area contributed by atoms with Crippen LogP contribution in [0.15, 0.2) is 72.9 Å². The van der Waals surface area contributed by atoms with Gasteiger partial charge in [0, 0.05) is 19.3 Å². The quantitative estimate of drug-likeness (QED) is 0.587. The minimum Gasteiger partial charge on any atom is -0.496 e.